The third kappa shape index (κ3) is 5.85. The standard InChI is InChI=1S/C20H27FN4O2/c1-2-3-4-18-23-19(27-24-18)14-25-11-9-16(10-12-25)20(26)22-13-15-5-7-17(21)8-6-15/h5-8,16H,2-4,9-14H2,1H3,(H,22,26). The summed E-state index contributed by atoms with van der Waals surface area (Å²) in [5, 5.41) is 6.98. The van der Waals surface area contributed by atoms with Gasteiger partial charge in [0.1, 0.15) is 5.82 Å². The number of nitrogens with zero attached hydrogens (tertiary/aromatic N) is 3. The van der Waals surface area contributed by atoms with Gasteiger partial charge in [0, 0.05) is 18.9 Å². The topological polar surface area (TPSA) is 71.3 Å². The SMILES string of the molecule is CCCCc1noc(CN2CCC(C(=O)NCc3ccc(F)cc3)CC2)n1. The Bertz CT molecular complexity index is 724. The van der Waals surface area contributed by atoms with Crippen LogP contribution in [0, 0.1) is 11.7 Å². The maximum Gasteiger partial charge on any atom is 0.240 e. The highest BCUT2D eigenvalue weighted by Gasteiger charge is 2.25. The number of hydrogen-bond acceptors (Lipinski definition) is 5. The fourth-order valence-corrected chi connectivity index (χ4v) is 3.27. The summed E-state index contributed by atoms with van der Waals surface area (Å²) in [6.07, 6.45) is 4.66. The van der Waals surface area contributed by atoms with E-state index in [0.29, 0.717) is 19.0 Å². The van der Waals surface area contributed by atoms with Crippen LogP contribution in [0.15, 0.2) is 28.8 Å². The van der Waals surface area contributed by atoms with Gasteiger partial charge in [-0.25, -0.2) is 4.39 Å². The van der Waals surface area contributed by atoms with E-state index in [9.17, 15) is 9.18 Å². The van der Waals surface area contributed by atoms with Gasteiger partial charge in [-0.1, -0.05) is 30.6 Å². The highest BCUT2D eigenvalue weighted by Crippen LogP contribution is 2.19. The molecule has 1 aliphatic rings. The Morgan fingerprint density at radius 2 is 2.04 bits per heavy atom. The van der Waals surface area contributed by atoms with Crippen LogP contribution in [0.2, 0.25) is 0 Å². The van der Waals surface area contributed by atoms with Crippen molar-refractivity contribution in [1.82, 2.24) is 20.4 Å². The lowest BCUT2D eigenvalue weighted by molar-refractivity contribution is -0.126. The van der Waals surface area contributed by atoms with Crippen LogP contribution in [0.1, 0.15) is 49.9 Å². The summed E-state index contributed by atoms with van der Waals surface area (Å²) in [4.78, 5) is 19.1. The zero-order valence-electron chi connectivity index (χ0n) is 15.8. The Labute approximate surface area is 159 Å². The Kier molecular flexibility index (Phi) is 6.92. The van der Waals surface area contributed by atoms with Crippen molar-refractivity contribution in [2.75, 3.05) is 13.1 Å². The van der Waals surface area contributed by atoms with Gasteiger partial charge >= 0.3 is 0 Å². The predicted octanol–water partition coefficient (Wildman–Crippen LogP) is 3.08. The lowest BCUT2D eigenvalue weighted by atomic mass is 9.96. The van der Waals surface area contributed by atoms with Crippen LogP contribution in [-0.4, -0.2) is 34.0 Å². The molecule has 0 spiro atoms. The Hall–Kier alpha value is -2.28. The van der Waals surface area contributed by atoms with Crippen LogP contribution in [0.3, 0.4) is 0 Å². The van der Waals surface area contributed by atoms with Gasteiger partial charge < -0.3 is 9.84 Å². The number of nitrogens with one attached hydrogen (secondary N) is 1. The average molecular weight is 374 g/mol. The van der Waals surface area contributed by atoms with Crippen LogP contribution >= 0.6 is 0 Å². The molecule has 2 aromatic rings. The van der Waals surface area contributed by atoms with E-state index in [2.05, 4.69) is 27.3 Å². The molecule has 1 fully saturated rings. The molecule has 1 aromatic carbocycles. The number of carbonyl (C=O) groups excluding carboxylic acids is 1. The van der Waals surface area contributed by atoms with Crippen LogP contribution in [-0.2, 0) is 24.3 Å². The fraction of sp³-hybridized carbons (Fsp3) is 0.550. The Morgan fingerprint density at radius 1 is 1.30 bits per heavy atom. The van der Waals surface area contributed by atoms with Crippen LogP contribution < -0.4 is 5.32 Å². The van der Waals surface area contributed by atoms with Gasteiger partial charge in [-0.05, 0) is 50.0 Å². The van der Waals surface area contributed by atoms with Crippen LogP contribution in [0.5, 0.6) is 0 Å². The molecule has 0 bridgehead atoms. The first-order valence-electron chi connectivity index (χ1n) is 9.70. The molecular weight excluding hydrogens is 347 g/mol. The molecule has 6 nitrogen and oxygen atoms in total. The van der Waals surface area contributed by atoms with Crippen molar-refractivity contribution in [1.29, 1.82) is 0 Å². The minimum absolute atomic E-state index is 0.0181. The van der Waals surface area contributed by atoms with Gasteiger partial charge in [0.05, 0.1) is 6.54 Å². The molecule has 0 radical (unpaired) electrons. The number of aryl methyl sites for hydroxylation is 1. The zero-order chi connectivity index (χ0) is 19.1. The summed E-state index contributed by atoms with van der Waals surface area (Å²) in [5.41, 5.74) is 0.900. The van der Waals surface area contributed by atoms with E-state index in [0.717, 1.165) is 56.6 Å². The molecule has 1 N–H and O–H groups in total. The van der Waals surface area contributed by atoms with E-state index in [-0.39, 0.29) is 17.6 Å². The molecule has 1 saturated heterocycles. The molecule has 1 amide bonds. The minimum atomic E-state index is -0.267. The van der Waals surface area contributed by atoms with Crippen LogP contribution in [0.25, 0.3) is 0 Å². The Balaban J connectivity index is 1.39. The number of likely N-dealkylation sites (tertiary alicyclic amines) is 1. The van der Waals surface area contributed by atoms with Crippen molar-refractivity contribution in [2.24, 2.45) is 5.92 Å². The third-order valence-corrected chi connectivity index (χ3v) is 4.96. The van der Waals surface area contributed by atoms with Crippen LogP contribution in [0.4, 0.5) is 4.39 Å². The molecular formula is C20H27FN4O2. The van der Waals surface area contributed by atoms with Crippen molar-refractivity contribution < 1.29 is 13.7 Å². The first-order valence-corrected chi connectivity index (χ1v) is 9.70. The number of aromatic nitrogens is 2. The monoisotopic (exact) mass is 374 g/mol. The Morgan fingerprint density at radius 3 is 2.74 bits per heavy atom. The van der Waals surface area contributed by atoms with Crippen molar-refractivity contribution in [3.8, 4) is 0 Å². The van der Waals surface area contributed by atoms with Gasteiger partial charge in [-0.2, -0.15) is 4.98 Å². The summed E-state index contributed by atoms with van der Waals surface area (Å²) >= 11 is 0. The molecule has 146 valence electrons. The summed E-state index contributed by atoms with van der Waals surface area (Å²) < 4.78 is 18.2. The molecule has 7 heteroatoms. The summed E-state index contributed by atoms with van der Waals surface area (Å²) in [6, 6.07) is 6.20. The highest BCUT2D eigenvalue weighted by atomic mass is 19.1. The third-order valence-electron chi connectivity index (χ3n) is 4.96. The number of rotatable bonds is 8. The summed E-state index contributed by atoms with van der Waals surface area (Å²) in [5.74, 6) is 1.25. The lowest BCUT2D eigenvalue weighted by Gasteiger charge is -2.30. The van der Waals surface area contributed by atoms with Gasteiger partial charge in [0.25, 0.3) is 0 Å². The second-order valence-electron chi connectivity index (χ2n) is 7.10. The van der Waals surface area contributed by atoms with E-state index >= 15 is 0 Å². The van der Waals surface area contributed by atoms with E-state index in [1.54, 1.807) is 12.1 Å². The second kappa shape index (κ2) is 9.60. The van der Waals surface area contributed by atoms with E-state index in [1.165, 1.54) is 12.1 Å². The largest absolute Gasteiger partial charge is 0.352 e. The molecule has 1 aliphatic heterocycles. The molecule has 1 aromatic heterocycles. The van der Waals surface area contributed by atoms with Crippen molar-refractivity contribution in [3.63, 3.8) is 0 Å². The minimum Gasteiger partial charge on any atom is -0.352 e. The number of benzene rings is 1. The quantitative estimate of drug-likeness (QED) is 0.769. The zero-order valence-corrected chi connectivity index (χ0v) is 15.8. The van der Waals surface area contributed by atoms with E-state index in [4.69, 9.17) is 4.52 Å². The number of carbonyl (C=O) groups is 1. The number of piperidine rings is 1. The van der Waals surface area contributed by atoms with Gasteiger partial charge in [0.15, 0.2) is 5.82 Å². The molecule has 0 aliphatic carbocycles. The van der Waals surface area contributed by atoms with Gasteiger partial charge in [-0.15, -0.1) is 0 Å². The summed E-state index contributed by atoms with van der Waals surface area (Å²) in [7, 11) is 0. The van der Waals surface area contributed by atoms with Gasteiger partial charge in [-0.3, -0.25) is 9.69 Å². The maximum absolute atomic E-state index is 12.9. The molecule has 0 atom stereocenters. The average Bonchev–Trinajstić information content (AvgIpc) is 3.13. The lowest BCUT2D eigenvalue weighted by Crippen LogP contribution is -2.40. The first-order chi connectivity index (χ1) is 13.1. The maximum atomic E-state index is 12.9. The van der Waals surface area contributed by atoms with Crippen molar-refractivity contribution in [3.05, 3.63) is 47.4 Å². The number of unbranched alkanes of at least 4 members (excludes halogenated alkanes) is 1. The second-order valence-corrected chi connectivity index (χ2v) is 7.10. The van der Waals surface area contributed by atoms with E-state index < -0.39 is 0 Å². The number of hydrogen-bond donors (Lipinski definition) is 1. The molecule has 2 heterocycles. The molecule has 27 heavy (non-hydrogen) atoms. The molecule has 3 rings (SSSR count). The normalized spacial score (nSPS) is 15.8. The molecule has 0 unspecified atom stereocenters. The number of amides is 1. The number of halogens is 1. The van der Waals surface area contributed by atoms with Crippen molar-refractivity contribution >= 4 is 5.91 Å². The van der Waals surface area contributed by atoms with Gasteiger partial charge in [0.2, 0.25) is 11.8 Å². The summed E-state index contributed by atoms with van der Waals surface area (Å²) in [6.45, 7) is 4.88. The molecule has 0 saturated carbocycles. The first kappa shape index (κ1) is 19.5. The highest BCUT2D eigenvalue weighted by molar-refractivity contribution is 5.78. The fourth-order valence-electron chi connectivity index (χ4n) is 3.27. The van der Waals surface area contributed by atoms with E-state index in [1.807, 2.05) is 0 Å². The predicted molar refractivity (Wildman–Crippen MR) is 99.2 cm³/mol. The van der Waals surface area contributed by atoms with Crippen molar-refractivity contribution in [2.45, 2.75) is 52.1 Å². The smallest absolute Gasteiger partial charge is 0.240 e.